The van der Waals surface area contributed by atoms with Gasteiger partial charge in [0, 0.05) is 37.8 Å². The molecule has 0 bridgehead atoms. The van der Waals surface area contributed by atoms with Crippen LogP contribution in [-0.2, 0) is 16.3 Å². The fourth-order valence-electron chi connectivity index (χ4n) is 4.23. The van der Waals surface area contributed by atoms with Crippen LogP contribution in [0.5, 0.6) is 6.01 Å². The first-order valence-corrected chi connectivity index (χ1v) is 11.4. The van der Waals surface area contributed by atoms with Crippen LogP contribution in [0.3, 0.4) is 0 Å². The SMILES string of the molecule is CCCc1onc(C)c1C(=O)N1CC2(C1)[C@@H](COc1ncccn1)CCS2(=O)=O. The van der Waals surface area contributed by atoms with Crippen molar-refractivity contribution < 1.29 is 22.5 Å². The van der Waals surface area contributed by atoms with Gasteiger partial charge in [-0.3, -0.25) is 4.79 Å². The van der Waals surface area contributed by atoms with Gasteiger partial charge in [0.1, 0.15) is 16.1 Å². The summed E-state index contributed by atoms with van der Waals surface area (Å²) in [6.07, 6.45) is 5.09. The summed E-state index contributed by atoms with van der Waals surface area (Å²) in [6, 6.07) is 1.91. The van der Waals surface area contributed by atoms with Crippen LogP contribution in [0, 0.1) is 12.8 Å². The molecule has 0 aromatic carbocycles. The Morgan fingerprint density at radius 3 is 2.76 bits per heavy atom. The minimum Gasteiger partial charge on any atom is -0.463 e. The lowest BCUT2D eigenvalue weighted by atomic mass is 9.83. The van der Waals surface area contributed by atoms with E-state index >= 15 is 0 Å². The monoisotopic (exact) mass is 420 g/mol. The summed E-state index contributed by atoms with van der Waals surface area (Å²) in [5, 5.41) is 3.92. The number of rotatable bonds is 6. The number of hydrogen-bond donors (Lipinski definition) is 0. The maximum Gasteiger partial charge on any atom is 0.316 e. The van der Waals surface area contributed by atoms with Crippen LogP contribution in [-0.4, -0.2) is 64.5 Å². The van der Waals surface area contributed by atoms with E-state index in [2.05, 4.69) is 15.1 Å². The third-order valence-electron chi connectivity index (χ3n) is 5.88. The predicted octanol–water partition coefficient (Wildman–Crippen LogP) is 1.43. The minimum absolute atomic E-state index is 0.103. The van der Waals surface area contributed by atoms with E-state index in [1.165, 1.54) is 0 Å². The molecule has 9 nitrogen and oxygen atoms in total. The van der Waals surface area contributed by atoms with Crippen LogP contribution < -0.4 is 4.74 Å². The number of likely N-dealkylation sites (tertiary alicyclic amines) is 1. The van der Waals surface area contributed by atoms with Crippen molar-refractivity contribution in [2.24, 2.45) is 5.92 Å². The van der Waals surface area contributed by atoms with Crippen molar-refractivity contribution in [3.05, 3.63) is 35.5 Å². The molecule has 1 spiro atoms. The van der Waals surface area contributed by atoms with E-state index in [0.29, 0.717) is 29.9 Å². The van der Waals surface area contributed by atoms with Gasteiger partial charge in [-0.25, -0.2) is 18.4 Å². The van der Waals surface area contributed by atoms with Gasteiger partial charge in [0.05, 0.1) is 18.1 Å². The van der Waals surface area contributed by atoms with E-state index in [4.69, 9.17) is 9.26 Å². The molecule has 0 unspecified atom stereocenters. The van der Waals surface area contributed by atoms with Gasteiger partial charge in [-0.1, -0.05) is 12.1 Å². The van der Waals surface area contributed by atoms with E-state index < -0.39 is 14.6 Å². The first-order chi connectivity index (χ1) is 13.9. The number of nitrogens with zero attached hydrogens (tertiary/aromatic N) is 4. The van der Waals surface area contributed by atoms with Gasteiger partial charge < -0.3 is 14.2 Å². The number of sulfone groups is 1. The molecule has 4 heterocycles. The highest BCUT2D eigenvalue weighted by atomic mass is 32.2. The Hall–Kier alpha value is -2.49. The number of amides is 1. The first kappa shape index (κ1) is 19.8. The van der Waals surface area contributed by atoms with Crippen molar-refractivity contribution in [3.8, 4) is 6.01 Å². The lowest BCUT2D eigenvalue weighted by Crippen LogP contribution is -2.69. The van der Waals surface area contributed by atoms with Crippen LogP contribution in [0.15, 0.2) is 23.0 Å². The van der Waals surface area contributed by atoms with Crippen LogP contribution in [0.25, 0.3) is 0 Å². The van der Waals surface area contributed by atoms with Crippen LogP contribution in [0.1, 0.15) is 41.6 Å². The van der Waals surface area contributed by atoms with Crippen molar-refractivity contribution in [1.82, 2.24) is 20.0 Å². The topological polar surface area (TPSA) is 115 Å². The molecule has 2 aromatic heterocycles. The third kappa shape index (κ3) is 3.29. The molecule has 156 valence electrons. The Morgan fingerprint density at radius 2 is 2.07 bits per heavy atom. The zero-order valence-corrected chi connectivity index (χ0v) is 17.3. The minimum atomic E-state index is -3.32. The molecule has 2 aliphatic rings. The normalized spacial score (nSPS) is 21.9. The van der Waals surface area contributed by atoms with Crippen molar-refractivity contribution in [2.45, 2.75) is 37.9 Å². The van der Waals surface area contributed by atoms with Crippen molar-refractivity contribution in [1.29, 1.82) is 0 Å². The van der Waals surface area contributed by atoms with Crippen LogP contribution in [0.4, 0.5) is 0 Å². The zero-order chi connectivity index (χ0) is 20.6. The lowest BCUT2D eigenvalue weighted by molar-refractivity contribution is 0.0401. The molecule has 0 radical (unpaired) electrons. The summed E-state index contributed by atoms with van der Waals surface area (Å²) < 4.78 is 35.6. The molecule has 2 fully saturated rings. The Morgan fingerprint density at radius 1 is 1.34 bits per heavy atom. The largest absolute Gasteiger partial charge is 0.463 e. The molecule has 29 heavy (non-hydrogen) atoms. The highest BCUT2D eigenvalue weighted by Gasteiger charge is 2.63. The Kier molecular flexibility index (Phi) is 5.05. The predicted molar refractivity (Wildman–Crippen MR) is 103 cm³/mol. The summed E-state index contributed by atoms with van der Waals surface area (Å²) in [6.45, 7) is 4.26. The van der Waals surface area contributed by atoms with Crippen LogP contribution >= 0.6 is 0 Å². The van der Waals surface area contributed by atoms with E-state index in [9.17, 15) is 13.2 Å². The molecule has 0 aliphatic carbocycles. The first-order valence-electron chi connectivity index (χ1n) is 9.74. The Balaban J connectivity index is 1.49. The van der Waals surface area contributed by atoms with Crippen molar-refractivity contribution in [3.63, 3.8) is 0 Å². The highest BCUT2D eigenvalue weighted by molar-refractivity contribution is 7.93. The fraction of sp³-hybridized carbons (Fsp3) is 0.579. The molecular weight excluding hydrogens is 396 g/mol. The fourth-order valence-corrected chi connectivity index (χ4v) is 6.63. The van der Waals surface area contributed by atoms with E-state index in [1.54, 1.807) is 30.3 Å². The molecule has 1 amide bonds. The second kappa shape index (κ2) is 7.40. The molecule has 0 saturated carbocycles. The van der Waals surface area contributed by atoms with Gasteiger partial charge in [0.25, 0.3) is 5.91 Å². The average molecular weight is 420 g/mol. The average Bonchev–Trinajstić information content (AvgIpc) is 3.16. The summed E-state index contributed by atoms with van der Waals surface area (Å²) in [4.78, 5) is 22.6. The van der Waals surface area contributed by atoms with Gasteiger partial charge in [-0.2, -0.15) is 0 Å². The van der Waals surface area contributed by atoms with Crippen LogP contribution in [0.2, 0.25) is 0 Å². The molecule has 10 heteroatoms. The quantitative estimate of drug-likeness (QED) is 0.689. The molecule has 2 aromatic rings. The van der Waals surface area contributed by atoms with Gasteiger partial charge in [0.2, 0.25) is 0 Å². The van der Waals surface area contributed by atoms with Gasteiger partial charge in [-0.15, -0.1) is 0 Å². The lowest BCUT2D eigenvalue weighted by Gasteiger charge is -2.49. The zero-order valence-electron chi connectivity index (χ0n) is 16.5. The molecule has 0 N–H and O–H groups in total. The number of carbonyl (C=O) groups is 1. The van der Waals surface area contributed by atoms with Gasteiger partial charge in [0.15, 0.2) is 9.84 Å². The maximum atomic E-state index is 13.0. The molecule has 2 aliphatic heterocycles. The Bertz CT molecular complexity index is 999. The second-order valence-electron chi connectivity index (χ2n) is 7.69. The Labute approximate surface area is 169 Å². The second-order valence-corrected chi connectivity index (χ2v) is 10.1. The van der Waals surface area contributed by atoms with Gasteiger partial charge in [-0.05, 0) is 25.8 Å². The standard InChI is InChI=1S/C19H24N4O5S/c1-3-5-15-16(13(2)22-28-15)17(24)23-11-19(12-23)14(6-9-29(19,25)26)10-27-18-20-7-4-8-21-18/h4,7-8,14H,3,5-6,9-12H2,1-2H3/t14-/m1/s1. The van der Waals surface area contributed by atoms with Crippen molar-refractivity contribution >= 4 is 15.7 Å². The third-order valence-corrected chi connectivity index (χ3v) is 8.49. The van der Waals surface area contributed by atoms with Gasteiger partial charge >= 0.3 is 6.01 Å². The number of aromatic nitrogens is 3. The highest BCUT2D eigenvalue weighted by Crippen LogP contribution is 2.45. The van der Waals surface area contributed by atoms with Crippen molar-refractivity contribution in [2.75, 3.05) is 25.4 Å². The summed E-state index contributed by atoms with van der Waals surface area (Å²) in [5.41, 5.74) is 0.998. The van der Waals surface area contributed by atoms with E-state index in [-0.39, 0.29) is 43.3 Å². The summed E-state index contributed by atoms with van der Waals surface area (Å²) in [7, 11) is -3.32. The smallest absolute Gasteiger partial charge is 0.316 e. The summed E-state index contributed by atoms with van der Waals surface area (Å²) in [5.74, 6) is 0.239. The summed E-state index contributed by atoms with van der Waals surface area (Å²) >= 11 is 0. The maximum absolute atomic E-state index is 13.0. The number of hydrogen-bond acceptors (Lipinski definition) is 8. The molecule has 2 saturated heterocycles. The van der Waals surface area contributed by atoms with E-state index in [1.807, 2.05) is 6.92 Å². The number of aryl methyl sites for hydroxylation is 2. The van der Waals surface area contributed by atoms with E-state index in [0.717, 1.165) is 6.42 Å². The number of ether oxygens (including phenoxy) is 1. The molecular formula is C19H24N4O5S. The number of carbonyl (C=O) groups excluding carboxylic acids is 1. The molecule has 4 rings (SSSR count). The molecule has 1 atom stereocenters.